The van der Waals surface area contributed by atoms with Crippen LogP contribution in [0.2, 0.25) is 0 Å². The van der Waals surface area contributed by atoms with Gasteiger partial charge in [0.25, 0.3) is 11.6 Å². The molecular weight excluding hydrogens is 468 g/mol. The van der Waals surface area contributed by atoms with Crippen LogP contribution in [0.1, 0.15) is 33.4 Å². The molecule has 6 aromatic rings. The molecule has 0 aliphatic heterocycles. The second kappa shape index (κ2) is 9.06. The average molecular weight is 501 g/mol. The van der Waals surface area contributed by atoms with E-state index >= 15 is 0 Å². The van der Waals surface area contributed by atoms with Gasteiger partial charge in [-0.05, 0) is 75.9 Å². The fourth-order valence-corrected chi connectivity index (χ4v) is 5.67. The number of hydrogen-bond donors (Lipinski definition) is 0. The Labute approximate surface area is 223 Å². The SMILES string of the molecule is Cc1cc(C)c(-n2cc[n+](-c3ccc4ccc(-[n+]5ccn(-c6c(C)cc(C)cc6C)c5)nc4n3)c2)c(C)c1. The Morgan fingerprint density at radius 2 is 0.947 bits per heavy atom. The second-order valence-corrected chi connectivity index (χ2v) is 10.3. The van der Waals surface area contributed by atoms with E-state index in [0.29, 0.717) is 5.65 Å². The lowest BCUT2D eigenvalue weighted by Crippen LogP contribution is -2.30. The third-order valence-electron chi connectivity index (χ3n) is 7.11. The summed E-state index contributed by atoms with van der Waals surface area (Å²) in [6.07, 6.45) is 12.4. The van der Waals surface area contributed by atoms with Crippen LogP contribution in [0, 0.1) is 41.5 Å². The van der Waals surface area contributed by atoms with E-state index in [0.717, 1.165) is 17.0 Å². The molecule has 0 aliphatic rings. The van der Waals surface area contributed by atoms with E-state index in [1.165, 1.54) is 44.8 Å². The van der Waals surface area contributed by atoms with Crippen LogP contribution < -0.4 is 9.13 Å². The van der Waals surface area contributed by atoms with Crippen LogP contribution in [0.15, 0.2) is 86.0 Å². The number of benzene rings is 2. The smallest absolute Gasteiger partial charge is 0.236 e. The van der Waals surface area contributed by atoms with Gasteiger partial charge in [0.1, 0.15) is 23.8 Å². The molecule has 0 amide bonds. The van der Waals surface area contributed by atoms with Crippen LogP contribution >= 0.6 is 0 Å². The molecule has 0 fully saturated rings. The predicted octanol–water partition coefficient (Wildman–Crippen LogP) is 5.62. The molecule has 4 aromatic heterocycles. The van der Waals surface area contributed by atoms with E-state index in [4.69, 9.17) is 9.97 Å². The van der Waals surface area contributed by atoms with Gasteiger partial charge in [-0.25, -0.2) is 18.3 Å². The molecule has 0 bridgehead atoms. The maximum absolute atomic E-state index is 4.92. The number of aromatic nitrogens is 6. The van der Waals surface area contributed by atoms with Crippen LogP contribution in [0.4, 0.5) is 0 Å². The lowest BCUT2D eigenvalue weighted by atomic mass is 10.1. The largest absolute Gasteiger partial charge is 0.308 e. The van der Waals surface area contributed by atoms with Crippen molar-refractivity contribution in [2.45, 2.75) is 41.5 Å². The maximum Gasteiger partial charge on any atom is 0.308 e. The number of pyridine rings is 2. The summed E-state index contributed by atoms with van der Waals surface area (Å²) in [5, 5.41) is 1.01. The minimum absolute atomic E-state index is 0.714. The molecule has 0 aliphatic carbocycles. The highest BCUT2D eigenvalue weighted by atomic mass is 15.2. The normalized spacial score (nSPS) is 11.4. The summed E-state index contributed by atoms with van der Waals surface area (Å²) >= 11 is 0. The maximum atomic E-state index is 4.92. The van der Waals surface area contributed by atoms with Crippen molar-refractivity contribution in [1.29, 1.82) is 0 Å². The lowest BCUT2D eigenvalue weighted by molar-refractivity contribution is -0.599. The molecule has 6 rings (SSSR count). The standard InChI is InChI=1S/C32H32N6/c1-21-15-23(3)30(24(4)16-21)37-13-11-35(19-37)28-9-7-27-8-10-29(34-32(27)33-28)36-12-14-38(20-36)31-25(5)17-22(2)18-26(31)6/h7-20H,1-6H3/q+2. The van der Waals surface area contributed by atoms with Gasteiger partial charge < -0.3 is 0 Å². The number of rotatable bonds is 4. The minimum atomic E-state index is 0.714. The third-order valence-corrected chi connectivity index (χ3v) is 7.11. The number of imidazole rings is 2. The van der Waals surface area contributed by atoms with Crippen LogP contribution in [-0.4, -0.2) is 19.1 Å². The summed E-state index contributed by atoms with van der Waals surface area (Å²) in [5.74, 6) is 1.66. The third kappa shape index (κ3) is 4.18. The zero-order valence-electron chi connectivity index (χ0n) is 22.8. The first-order chi connectivity index (χ1) is 18.3. The lowest BCUT2D eigenvalue weighted by Gasteiger charge is -2.08. The summed E-state index contributed by atoms with van der Waals surface area (Å²) in [7, 11) is 0. The number of aryl methyl sites for hydroxylation is 6. The van der Waals surface area contributed by atoms with Gasteiger partial charge in [0.2, 0.25) is 0 Å². The van der Waals surface area contributed by atoms with Gasteiger partial charge >= 0.3 is 5.65 Å². The highest BCUT2D eigenvalue weighted by Crippen LogP contribution is 2.22. The Morgan fingerprint density at radius 1 is 0.553 bits per heavy atom. The van der Waals surface area contributed by atoms with Crippen molar-refractivity contribution in [3.05, 3.63) is 119 Å². The first kappa shape index (κ1) is 23.8. The van der Waals surface area contributed by atoms with Gasteiger partial charge in [-0.3, -0.25) is 0 Å². The quantitative estimate of drug-likeness (QED) is 0.295. The molecule has 0 spiro atoms. The van der Waals surface area contributed by atoms with Crippen LogP contribution in [0.3, 0.4) is 0 Å². The summed E-state index contributed by atoms with van der Waals surface area (Å²) in [6, 6.07) is 17.1. The van der Waals surface area contributed by atoms with Crippen molar-refractivity contribution in [2.24, 2.45) is 0 Å². The number of nitrogens with zero attached hydrogens (tertiary/aromatic N) is 6. The van der Waals surface area contributed by atoms with E-state index in [1.807, 2.05) is 33.7 Å². The Morgan fingerprint density at radius 3 is 1.34 bits per heavy atom. The molecule has 0 N–H and O–H groups in total. The van der Waals surface area contributed by atoms with E-state index in [-0.39, 0.29) is 0 Å². The number of fused-ring (bicyclic) bond motifs is 1. The fraction of sp³-hybridized carbons (Fsp3) is 0.188. The topological polar surface area (TPSA) is 43.4 Å². The molecule has 0 saturated heterocycles. The summed E-state index contributed by atoms with van der Waals surface area (Å²) in [4.78, 5) is 9.84. The molecule has 2 aromatic carbocycles. The van der Waals surface area contributed by atoms with Crippen molar-refractivity contribution in [3.8, 4) is 23.0 Å². The molecule has 0 unspecified atom stereocenters. The van der Waals surface area contributed by atoms with E-state index < -0.39 is 0 Å². The molecule has 0 atom stereocenters. The Kier molecular flexibility index (Phi) is 5.68. The van der Waals surface area contributed by atoms with Gasteiger partial charge in [0.15, 0.2) is 12.7 Å². The van der Waals surface area contributed by atoms with Gasteiger partial charge in [0.05, 0.1) is 17.8 Å². The van der Waals surface area contributed by atoms with E-state index in [1.54, 1.807) is 0 Å². The molecule has 4 heterocycles. The van der Waals surface area contributed by atoms with E-state index in [9.17, 15) is 0 Å². The van der Waals surface area contributed by atoms with Crippen molar-refractivity contribution < 1.29 is 9.13 Å². The first-order valence-electron chi connectivity index (χ1n) is 12.9. The summed E-state index contributed by atoms with van der Waals surface area (Å²) in [5.41, 5.74) is 10.7. The van der Waals surface area contributed by atoms with Gasteiger partial charge in [0, 0.05) is 12.1 Å². The highest BCUT2D eigenvalue weighted by molar-refractivity contribution is 5.75. The first-order valence-corrected chi connectivity index (χ1v) is 12.9. The highest BCUT2D eigenvalue weighted by Gasteiger charge is 2.18. The van der Waals surface area contributed by atoms with Gasteiger partial charge in [-0.1, -0.05) is 45.4 Å². The Hall–Kier alpha value is -4.58. The van der Waals surface area contributed by atoms with Crippen molar-refractivity contribution in [2.75, 3.05) is 0 Å². The molecule has 38 heavy (non-hydrogen) atoms. The fourth-order valence-electron chi connectivity index (χ4n) is 5.67. The van der Waals surface area contributed by atoms with Crippen LogP contribution in [-0.2, 0) is 0 Å². The second-order valence-electron chi connectivity index (χ2n) is 10.3. The summed E-state index contributed by atoms with van der Waals surface area (Å²) in [6.45, 7) is 12.9. The minimum Gasteiger partial charge on any atom is -0.236 e. The predicted molar refractivity (Wildman–Crippen MR) is 150 cm³/mol. The molecule has 0 saturated carbocycles. The zero-order valence-corrected chi connectivity index (χ0v) is 22.8. The van der Waals surface area contributed by atoms with E-state index in [2.05, 4.69) is 112 Å². The van der Waals surface area contributed by atoms with Crippen LogP contribution in [0.5, 0.6) is 0 Å². The van der Waals surface area contributed by atoms with Crippen molar-refractivity contribution in [1.82, 2.24) is 19.1 Å². The number of hydrogen-bond acceptors (Lipinski definition) is 2. The van der Waals surface area contributed by atoms with Gasteiger partial charge in [-0.15, -0.1) is 0 Å². The molecule has 0 radical (unpaired) electrons. The molecule has 6 nitrogen and oxygen atoms in total. The van der Waals surface area contributed by atoms with Crippen molar-refractivity contribution >= 4 is 11.0 Å². The monoisotopic (exact) mass is 500 g/mol. The Balaban J connectivity index is 1.35. The molecular formula is C32H32N6+2. The Bertz CT molecular complexity index is 1660. The van der Waals surface area contributed by atoms with Gasteiger partial charge in [-0.2, -0.15) is 0 Å². The van der Waals surface area contributed by atoms with Crippen molar-refractivity contribution in [3.63, 3.8) is 0 Å². The molecule has 6 heteroatoms. The summed E-state index contributed by atoms with van der Waals surface area (Å²) < 4.78 is 8.40. The zero-order chi connectivity index (χ0) is 26.6. The molecule has 188 valence electrons. The average Bonchev–Trinajstić information content (AvgIpc) is 3.53. The van der Waals surface area contributed by atoms with Crippen LogP contribution in [0.25, 0.3) is 34.0 Å².